The van der Waals surface area contributed by atoms with Gasteiger partial charge in [0, 0.05) is 90.8 Å². The fourth-order valence-corrected chi connectivity index (χ4v) is 11.7. The molecule has 0 spiro atoms. The summed E-state index contributed by atoms with van der Waals surface area (Å²) in [6, 6.07) is 11.1. The largest absolute Gasteiger partial charge is 0.494 e. The predicted octanol–water partition coefficient (Wildman–Crippen LogP) is 8.09. The van der Waals surface area contributed by atoms with Gasteiger partial charge in [-0.05, 0) is 139 Å². The minimum atomic E-state index is -1.19. The monoisotopic (exact) mass is 1720 g/mol. The number of likely N-dealkylation sites (N-methyl/N-ethyl adjacent to an activating group) is 1. The lowest BCUT2D eigenvalue weighted by molar-refractivity contribution is -0.144. The third-order valence-corrected chi connectivity index (χ3v) is 18.6. The number of carbonyl (C=O) groups excluding carboxylic acids is 9. The van der Waals surface area contributed by atoms with Gasteiger partial charge in [0.2, 0.25) is 29.5 Å². The number of aliphatic carboxylic acids is 3. The van der Waals surface area contributed by atoms with E-state index in [2.05, 4.69) is 31.9 Å². The van der Waals surface area contributed by atoms with Crippen LogP contribution in [0.1, 0.15) is 234 Å². The first-order valence-electron chi connectivity index (χ1n) is 42.7. The molecule has 4 atom stereocenters. The second kappa shape index (κ2) is 74.9. The van der Waals surface area contributed by atoms with E-state index in [-0.39, 0.29) is 220 Å². The molecule has 0 aromatic heterocycles. The number of amides is 5. The van der Waals surface area contributed by atoms with Crippen LogP contribution in [-0.4, -0.2) is 272 Å². The van der Waals surface area contributed by atoms with Gasteiger partial charge in [-0.25, -0.2) is 14.4 Å². The van der Waals surface area contributed by atoms with Crippen LogP contribution in [-0.2, 0) is 95.4 Å². The Kier molecular flexibility index (Phi) is 68.1. The van der Waals surface area contributed by atoms with Crippen molar-refractivity contribution in [2.75, 3.05) is 152 Å². The quantitative estimate of drug-likeness (QED) is 0.0279. The van der Waals surface area contributed by atoms with Crippen molar-refractivity contribution in [3.63, 3.8) is 0 Å². The van der Waals surface area contributed by atoms with Crippen molar-refractivity contribution in [1.82, 2.24) is 31.9 Å². The van der Waals surface area contributed by atoms with Crippen molar-refractivity contribution in [1.29, 1.82) is 0 Å². The van der Waals surface area contributed by atoms with Gasteiger partial charge in [0.25, 0.3) is 0 Å². The van der Waals surface area contributed by atoms with Gasteiger partial charge in [-0.15, -0.1) is 0 Å². The number of benzene rings is 2. The molecule has 121 heavy (non-hydrogen) atoms. The first kappa shape index (κ1) is 110. The van der Waals surface area contributed by atoms with Crippen LogP contribution in [0.2, 0.25) is 0 Å². The minimum absolute atomic E-state index is 0.000475. The van der Waals surface area contributed by atoms with Crippen molar-refractivity contribution >= 4 is 82.5 Å². The molecule has 5 amide bonds. The Hall–Kier alpha value is -8.94. The van der Waals surface area contributed by atoms with Crippen LogP contribution in [0.5, 0.6) is 11.5 Å². The van der Waals surface area contributed by atoms with Crippen molar-refractivity contribution in [3.05, 3.63) is 59.7 Å². The van der Waals surface area contributed by atoms with Gasteiger partial charge in [0.05, 0.1) is 108 Å². The van der Waals surface area contributed by atoms with Crippen LogP contribution in [0.3, 0.4) is 0 Å². The Bertz CT molecular complexity index is 3220. The highest BCUT2D eigenvalue weighted by Crippen LogP contribution is 2.20. The molecule has 686 valence electrons. The summed E-state index contributed by atoms with van der Waals surface area (Å²) in [4.78, 5) is 166. The molecule has 0 aliphatic carbocycles. The number of rotatable bonds is 82. The standard InChI is InChI=1S/C48H78N4O16.C38H60N2O13/c1-3-13-40(49-2)42(54)24-19-36(46(58)59)14-9-10-25-50-44(56)34-67-33-31-65-29-26-51-45(57)35-66-32-30-64-27-12-15-38(53)20-23-41(48(62)63)52-43(55)16-8-6-4-5-7-11-28-68-39-21-17-37(18-22-39)47(60)61;1-2-18-39-36(44)29-52-26-23-49-20-9-11-33(42)28-51-25-24-50-22-19-40-35(43)17-14-31(38(47)48)27-32(41)10-7-5-3-4-6-8-21-53-34-15-12-30(13-16-34)37(45)46/h17-18,21-22,36,40-41,49H,3-16,19-20,23-35H2,1-2H3,(H,50,56)(H,51,57)(H,52,55)(H,58,59)(H,60,61)(H,62,63);12-13,15-16,31H,2-11,14,17-29H2,1H3,(H,39,44)(H,40,43)(H,45,46)(H,47,48)/t36-,40+,41+;31-/m11/s1. The lowest BCUT2D eigenvalue weighted by atomic mass is 9.93. The molecule has 11 N–H and O–H groups in total. The molecule has 0 bridgehead atoms. The molecule has 0 saturated heterocycles. The summed E-state index contributed by atoms with van der Waals surface area (Å²) in [5.74, 6) is -7.17. The van der Waals surface area contributed by atoms with Crippen LogP contribution < -0.4 is 41.4 Å². The molecule has 0 heterocycles. The normalized spacial score (nSPS) is 12.0. The molecule has 0 fully saturated rings. The van der Waals surface area contributed by atoms with Crippen LogP contribution in [0.15, 0.2) is 48.5 Å². The summed E-state index contributed by atoms with van der Waals surface area (Å²) in [7, 11) is 1.73. The van der Waals surface area contributed by atoms with E-state index < -0.39 is 47.7 Å². The highest BCUT2D eigenvalue weighted by Gasteiger charge is 2.25. The Balaban J connectivity index is 0.00000125. The number of ketones is 4. The Morgan fingerprint density at radius 3 is 1.20 bits per heavy atom. The smallest absolute Gasteiger partial charge is 0.335 e. The third kappa shape index (κ3) is 64.5. The summed E-state index contributed by atoms with van der Waals surface area (Å²) >= 11 is 0. The number of nitrogens with one attached hydrogen (secondary N) is 6. The SMILES string of the molecule is CCCNC(=O)COCCOCCCC(=O)COCCOCCNC(=O)CC[C@H](CC(=O)CCCCCCCCOc1ccc(C(=O)O)cc1)C(=O)O.CCC[C@H](NC)C(=O)CC[C@@H](CCCCNC(=O)COCCOCCNC(=O)COCCOCCCC(=O)CC[C@H](NC(=O)CCCCCCCCOc1ccc(C(=O)O)cc1)C(=O)O)C(=O)O. The van der Waals surface area contributed by atoms with Crippen LogP contribution in [0, 0.1) is 11.8 Å². The number of hydrogen-bond acceptors (Lipinski definition) is 25. The summed E-state index contributed by atoms with van der Waals surface area (Å²) < 4.78 is 54.0. The van der Waals surface area contributed by atoms with Gasteiger partial charge in [-0.2, -0.15) is 0 Å². The van der Waals surface area contributed by atoms with Gasteiger partial charge >= 0.3 is 29.8 Å². The molecule has 0 aliphatic heterocycles. The Morgan fingerprint density at radius 2 is 0.727 bits per heavy atom. The first-order valence-corrected chi connectivity index (χ1v) is 42.7. The van der Waals surface area contributed by atoms with Crippen LogP contribution in [0.4, 0.5) is 0 Å². The number of carboxylic acid groups (broad SMARTS) is 5. The Labute approximate surface area is 711 Å². The summed E-state index contributed by atoms with van der Waals surface area (Å²) in [6.07, 6.45) is 17.0. The average molecular weight is 1720 g/mol. The van der Waals surface area contributed by atoms with Gasteiger partial charge in [-0.1, -0.05) is 78.1 Å². The number of aromatic carboxylic acids is 2. The summed E-state index contributed by atoms with van der Waals surface area (Å²) in [5.41, 5.74) is 0.416. The Morgan fingerprint density at radius 1 is 0.306 bits per heavy atom. The summed E-state index contributed by atoms with van der Waals surface area (Å²) in [5, 5.41) is 62.8. The highest BCUT2D eigenvalue weighted by molar-refractivity contribution is 5.89. The fraction of sp³-hybridized carbons (Fsp3) is 0.698. The van der Waals surface area contributed by atoms with Crippen molar-refractivity contribution < 1.29 is 140 Å². The molecule has 35 heteroatoms. The van der Waals surface area contributed by atoms with E-state index in [9.17, 15) is 82.4 Å². The van der Waals surface area contributed by atoms with E-state index in [0.717, 1.165) is 83.5 Å². The number of carbonyl (C=O) groups is 14. The van der Waals surface area contributed by atoms with Crippen LogP contribution >= 0.6 is 0 Å². The molecular formula is C86H138N6O29. The fourth-order valence-electron chi connectivity index (χ4n) is 11.7. The third-order valence-electron chi connectivity index (χ3n) is 18.6. The van der Waals surface area contributed by atoms with E-state index in [1.54, 1.807) is 31.3 Å². The maximum Gasteiger partial charge on any atom is 0.335 e. The lowest BCUT2D eigenvalue weighted by Gasteiger charge is -2.16. The predicted molar refractivity (Wildman–Crippen MR) is 446 cm³/mol. The van der Waals surface area contributed by atoms with Crippen molar-refractivity contribution in [2.45, 2.75) is 225 Å². The zero-order valence-electron chi connectivity index (χ0n) is 71.4. The molecule has 2 aromatic rings. The number of ether oxygens (including phenoxy) is 10. The molecule has 0 radical (unpaired) electrons. The number of carboxylic acids is 5. The molecule has 2 aromatic carbocycles. The van der Waals surface area contributed by atoms with E-state index in [1.807, 2.05) is 13.8 Å². The number of Topliss-reactive ketones (excluding diaryl/α,β-unsaturated/α-hetero) is 4. The molecule has 0 unspecified atom stereocenters. The maximum absolute atomic E-state index is 12.4. The number of hydrogen-bond donors (Lipinski definition) is 11. The zero-order chi connectivity index (χ0) is 89.1. The van der Waals surface area contributed by atoms with Crippen molar-refractivity contribution in [3.8, 4) is 11.5 Å². The molecule has 2 rings (SSSR count). The van der Waals surface area contributed by atoms with E-state index in [4.69, 9.17) is 57.6 Å². The van der Waals surface area contributed by atoms with E-state index >= 15 is 0 Å². The van der Waals surface area contributed by atoms with Gasteiger partial charge in [-0.3, -0.25) is 52.7 Å². The van der Waals surface area contributed by atoms with Gasteiger partial charge in [0.15, 0.2) is 5.78 Å². The first-order chi connectivity index (χ1) is 58.4. The second-order valence-electron chi connectivity index (χ2n) is 28.9. The second-order valence-corrected chi connectivity index (χ2v) is 28.9. The number of unbranched alkanes of at least 4 members (excludes halogenated alkanes) is 11. The van der Waals surface area contributed by atoms with E-state index in [1.165, 1.54) is 24.3 Å². The van der Waals surface area contributed by atoms with Gasteiger partial charge in [0.1, 0.15) is 61.3 Å². The van der Waals surface area contributed by atoms with Gasteiger partial charge < -0.3 is 105 Å². The zero-order valence-corrected chi connectivity index (χ0v) is 71.4. The lowest BCUT2D eigenvalue weighted by Crippen LogP contribution is -2.41. The molecule has 35 nitrogen and oxygen atoms in total. The molecular weight excluding hydrogens is 1580 g/mol. The minimum Gasteiger partial charge on any atom is -0.494 e. The van der Waals surface area contributed by atoms with Crippen LogP contribution in [0.25, 0.3) is 0 Å². The van der Waals surface area contributed by atoms with Crippen molar-refractivity contribution in [2.24, 2.45) is 11.8 Å². The maximum atomic E-state index is 12.4. The highest BCUT2D eigenvalue weighted by atomic mass is 16.5. The molecule has 0 saturated carbocycles. The molecule has 0 aliphatic rings. The topological polar surface area (TPSA) is 505 Å². The average Bonchev–Trinajstić information content (AvgIpc) is 0.967. The van der Waals surface area contributed by atoms with E-state index in [0.29, 0.717) is 122 Å². The summed E-state index contributed by atoms with van der Waals surface area (Å²) in [6.45, 7) is 9.19.